The van der Waals surface area contributed by atoms with Gasteiger partial charge < -0.3 is 16.0 Å². The molecule has 5 aromatic heterocycles. The van der Waals surface area contributed by atoms with Gasteiger partial charge in [0.25, 0.3) is 0 Å². The molecule has 0 saturated carbocycles. The van der Waals surface area contributed by atoms with E-state index in [-0.39, 0.29) is 12.4 Å². The Morgan fingerprint density at radius 2 is 1.70 bits per heavy atom. The highest BCUT2D eigenvalue weighted by molar-refractivity contribution is 5.96. The molecule has 7 rings (SSSR count). The first-order valence-corrected chi connectivity index (χ1v) is 13.2. The Hall–Kier alpha value is -4.58. The van der Waals surface area contributed by atoms with Crippen molar-refractivity contribution in [3.63, 3.8) is 0 Å². The number of aromatic nitrogens is 7. The minimum Gasteiger partial charge on any atom is -0.335 e. The molecule has 11 heteroatoms. The number of nitrogens with zero attached hydrogens (tertiary/aromatic N) is 6. The van der Waals surface area contributed by atoms with Crippen LogP contribution in [0.15, 0.2) is 61.3 Å². The third kappa shape index (κ3) is 4.60. The van der Waals surface area contributed by atoms with E-state index in [0.717, 1.165) is 54.8 Å². The monoisotopic (exact) mass is 534 g/mol. The van der Waals surface area contributed by atoms with Crippen molar-refractivity contribution in [2.45, 2.75) is 13.1 Å². The summed E-state index contributed by atoms with van der Waals surface area (Å²) in [5.41, 5.74) is 13.6. The van der Waals surface area contributed by atoms with E-state index >= 15 is 0 Å². The van der Waals surface area contributed by atoms with Crippen LogP contribution in [0.5, 0.6) is 0 Å². The van der Waals surface area contributed by atoms with Gasteiger partial charge >= 0.3 is 0 Å². The zero-order chi connectivity index (χ0) is 27.1. The van der Waals surface area contributed by atoms with E-state index in [1.165, 1.54) is 17.7 Å². The summed E-state index contributed by atoms with van der Waals surface area (Å²) >= 11 is 0. The van der Waals surface area contributed by atoms with E-state index in [1.54, 1.807) is 12.4 Å². The van der Waals surface area contributed by atoms with Crippen LogP contribution >= 0.6 is 0 Å². The highest BCUT2D eigenvalue weighted by atomic mass is 19.1. The van der Waals surface area contributed by atoms with Gasteiger partial charge in [-0.15, -0.1) is 0 Å². The number of rotatable bonds is 6. The van der Waals surface area contributed by atoms with Crippen LogP contribution in [-0.2, 0) is 13.1 Å². The molecule has 0 spiro atoms. The number of nitrogens with two attached hydrogens (primary N) is 1. The number of hydrogen-bond acceptors (Lipinski definition) is 8. The van der Waals surface area contributed by atoms with Crippen molar-refractivity contribution in [3.8, 4) is 33.8 Å². The summed E-state index contributed by atoms with van der Waals surface area (Å²) in [5, 5.41) is 11.7. The van der Waals surface area contributed by atoms with Crippen LogP contribution in [0, 0.1) is 5.82 Å². The normalized spacial score (nSPS) is 14.3. The van der Waals surface area contributed by atoms with Gasteiger partial charge in [0.05, 0.1) is 22.6 Å². The third-order valence-electron chi connectivity index (χ3n) is 7.29. The zero-order valence-electron chi connectivity index (χ0n) is 21.7. The zero-order valence-corrected chi connectivity index (χ0v) is 21.7. The lowest BCUT2D eigenvalue weighted by Crippen LogP contribution is -2.42. The van der Waals surface area contributed by atoms with Crippen LogP contribution in [0.4, 0.5) is 4.39 Å². The molecule has 40 heavy (non-hydrogen) atoms. The molecule has 0 unspecified atom stereocenters. The lowest BCUT2D eigenvalue weighted by atomic mass is 10.0. The largest absolute Gasteiger partial charge is 0.335 e. The average Bonchev–Trinajstić information content (AvgIpc) is 3.61. The van der Waals surface area contributed by atoms with E-state index in [0.29, 0.717) is 39.4 Å². The van der Waals surface area contributed by atoms with Crippen molar-refractivity contribution >= 4 is 22.1 Å². The van der Waals surface area contributed by atoms with Gasteiger partial charge in [0.1, 0.15) is 11.5 Å². The van der Waals surface area contributed by atoms with Crippen molar-refractivity contribution in [1.29, 1.82) is 0 Å². The fraction of sp³-hybridized carbons (Fsp3) is 0.207. The quantitative estimate of drug-likeness (QED) is 0.254. The number of fused-ring (bicyclic) bond motifs is 2. The molecule has 0 atom stereocenters. The number of benzene rings is 1. The number of piperazine rings is 1. The summed E-state index contributed by atoms with van der Waals surface area (Å²) in [7, 11) is 0. The van der Waals surface area contributed by atoms with Gasteiger partial charge in [0.15, 0.2) is 11.5 Å². The Morgan fingerprint density at radius 3 is 2.58 bits per heavy atom. The Labute approximate surface area is 228 Å². The summed E-state index contributed by atoms with van der Waals surface area (Å²) < 4.78 is 14.3. The Morgan fingerprint density at radius 1 is 0.875 bits per heavy atom. The van der Waals surface area contributed by atoms with E-state index in [2.05, 4.69) is 52.5 Å². The van der Waals surface area contributed by atoms with Gasteiger partial charge in [0.2, 0.25) is 0 Å². The first kappa shape index (κ1) is 24.5. The molecule has 0 aliphatic carbocycles. The maximum atomic E-state index is 14.3. The molecule has 1 aromatic carbocycles. The van der Waals surface area contributed by atoms with Crippen molar-refractivity contribution < 1.29 is 4.39 Å². The number of imidazole rings is 1. The van der Waals surface area contributed by atoms with Crippen LogP contribution < -0.4 is 11.1 Å². The van der Waals surface area contributed by atoms with E-state index in [4.69, 9.17) is 10.7 Å². The highest BCUT2D eigenvalue weighted by Crippen LogP contribution is 2.32. The Kier molecular flexibility index (Phi) is 6.23. The number of aromatic amines is 2. The van der Waals surface area contributed by atoms with Gasteiger partial charge in [-0.05, 0) is 47.0 Å². The molecule has 0 radical (unpaired) electrons. The number of halogens is 1. The predicted molar refractivity (Wildman–Crippen MR) is 151 cm³/mol. The number of hydrogen-bond donors (Lipinski definition) is 4. The maximum absolute atomic E-state index is 14.3. The second-order valence-corrected chi connectivity index (χ2v) is 10.0. The van der Waals surface area contributed by atoms with E-state index in [9.17, 15) is 4.39 Å². The summed E-state index contributed by atoms with van der Waals surface area (Å²) in [6.07, 6.45) is 9.00. The third-order valence-corrected chi connectivity index (χ3v) is 7.29. The van der Waals surface area contributed by atoms with Crippen LogP contribution in [0.2, 0.25) is 0 Å². The summed E-state index contributed by atoms with van der Waals surface area (Å²) in [6.45, 7) is 5.17. The van der Waals surface area contributed by atoms with Gasteiger partial charge in [0, 0.05) is 80.7 Å². The summed E-state index contributed by atoms with van der Waals surface area (Å²) in [4.78, 5) is 24.1. The van der Waals surface area contributed by atoms with E-state index < -0.39 is 0 Å². The Balaban J connectivity index is 1.26. The maximum Gasteiger partial charge on any atom is 0.181 e. The first-order chi connectivity index (χ1) is 19.6. The molecule has 0 bridgehead atoms. The molecule has 6 aromatic rings. The molecular weight excluding hydrogens is 507 g/mol. The first-order valence-electron chi connectivity index (χ1n) is 13.2. The fourth-order valence-corrected chi connectivity index (χ4v) is 5.28. The molecule has 1 fully saturated rings. The minimum absolute atomic E-state index is 0.240. The molecule has 1 aliphatic rings. The lowest BCUT2D eigenvalue weighted by molar-refractivity contribution is 0.233. The van der Waals surface area contributed by atoms with Crippen molar-refractivity contribution in [2.75, 3.05) is 26.2 Å². The van der Waals surface area contributed by atoms with Crippen molar-refractivity contribution in [1.82, 2.24) is 45.3 Å². The standard InChI is InChI=1S/C29H27FN10/c30-22-7-17(10-31)5-19(8-22)24-14-34-15-25-26(24)37-29(36-25)27-23-9-21(13-35-28(23)39-38-27)20-6-18(11-33-12-20)16-40-3-1-32-2-4-40/h5-9,11-15,32H,1-4,10,16,31H2,(H,36,37)(H,35,38,39). The molecule has 1 aliphatic heterocycles. The Bertz CT molecular complexity index is 1840. The number of pyridine rings is 3. The summed E-state index contributed by atoms with van der Waals surface area (Å²) in [6, 6.07) is 8.99. The van der Waals surface area contributed by atoms with Crippen LogP contribution in [0.25, 0.3) is 55.8 Å². The molecule has 1 saturated heterocycles. The molecule has 5 N–H and O–H groups in total. The van der Waals surface area contributed by atoms with Crippen molar-refractivity contribution in [3.05, 3.63) is 78.3 Å². The smallest absolute Gasteiger partial charge is 0.181 e. The average molecular weight is 535 g/mol. The number of H-pyrrole nitrogens is 2. The van der Waals surface area contributed by atoms with E-state index in [1.807, 2.05) is 24.7 Å². The van der Waals surface area contributed by atoms with Gasteiger partial charge in [-0.1, -0.05) is 0 Å². The van der Waals surface area contributed by atoms with Crippen molar-refractivity contribution in [2.24, 2.45) is 5.73 Å². The molecule has 0 amide bonds. The van der Waals surface area contributed by atoms with Gasteiger partial charge in [-0.3, -0.25) is 20.0 Å². The molecular formula is C29H27FN10. The van der Waals surface area contributed by atoms with Gasteiger partial charge in [-0.2, -0.15) is 5.10 Å². The molecule has 200 valence electrons. The van der Waals surface area contributed by atoms with Crippen LogP contribution in [0.3, 0.4) is 0 Å². The fourth-order valence-electron chi connectivity index (χ4n) is 5.28. The van der Waals surface area contributed by atoms with Crippen LogP contribution in [-0.4, -0.2) is 66.2 Å². The topological polar surface area (TPSA) is 137 Å². The summed E-state index contributed by atoms with van der Waals surface area (Å²) in [5.74, 6) is 0.238. The minimum atomic E-state index is -0.352. The highest BCUT2D eigenvalue weighted by Gasteiger charge is 2.17. The van der Waals surface area contributed by atoms with Gasteiger partial charge in [-0.25, -0.2) is 14.4 Å². The second kappa shape index (κ2) is 10.2. The molecule has 6 heterocycles. The molecule has 10 nitrogen and oxygen atoms in total. The SMILES string of the molecule is NCc1cc(F)cc(-c2cncc3[nH]c(-c4[nH]nc5ncc(-c6cncc(CN7CCNCC7)c6)cc45)nc23)c1. The predicted octanol–water partition coefficient (Wildman–Crippen LogP) is 3.63. The second-order valence-electron chi connectivity index (χ2n) is 10.0. The number of nitrogens with one attached hydrogen (secondary N) is 3. The lowest BCUT2D eigenvalue weighted by Gasteiger charge is -2.27. The van der Waals surface area contributed by atoms with Crippen LogP contribution in [0.1, 0.15) is 11.1 Å².